The van der Waals surface area contributed by atoms with Gasteiger partial charge in [0.05, 0.1) is 25.3 Å². The van der Waals surface area contributed by atoms with Crippen LogP contribution in [-0.2, 0) is 16.1 Å². The first kappa shape index (κ1) is 24.6. The molecule has 0 N–H and O–H groups in total. The van der Waals surface area contributed by atoms with E-state index in [0.717, 1.165) is 58.8 Å². The molecule has 0 saturated heterocycles. The highest BCUT2D eigenvalue weighted by molar-refractivity contribution is 7.95. The fourth-order valence-corrected chi connectivity index (χ4v) is 9.96. The molecule has 2 aromatic heterocycles. The highest BCUT2D eigenvalue weighted by Crippen LogP contribution is 2.40. The van der Waals surface area contributed by atoms with Crippen LogP contribution in [0.2, 0.25) is 0 Å². The molecule has 6 heteroatoms. The van der Waals surface area contributed by atoms with Crippen LogP contribution in [0, 0.1) is 6.92 Å². The Bertz CT molecular complexity index is 1250. The first-order chi connectivity index (χ1) is 17.1. The van der Waals surface area contributed by atoms with Gasteiger partial charge < -0.3 is 0 Å². The lowest BCUT2D eigenvalue weighted by molar-refractivity contribution is 0.472. The van der Waals surface area contributed by atoms with Crippen molar-refractivity contribution in [1.29, 1.82) is 0 Å². The molecule has 0 spiro atoms. The van der Waals surface area contributed by atoms with Gasteiger partial charge in [0.1, 0.15) is 0 Å². The van der Waals surface area contributed by atoms with E-state index in [1.807, 2.05) is 12.3 Å². The minimum absolute atomic E-state index is 0.211. The number of benzene rings is 1. The Morgan fingerprint density at radius 1 is 0.943 bits per heavy atom. The molecule has 2 fully saturated rings. The van der Waals surface area contributed by atoms with Gasteiger partial charge in [-0.1, -0.05) is 69.2 Å². The summed E-state index contributed by atoms with van der Waals surface area (Å²) < 4.78 is 19.7. The summed E-state index contributed by atoms with van der Waals surface area (Å²) >= 11 is 1.74. The lowest BCUT2D eigenvalue weighted by Gasteiger charge is -2.32. The van der Waals surface area contributed by atoms with Gasteiger partial charge in [0.25, 0.3) is 0 Å². The van der Waals surface area contributed by atoms with E-state index >= 15 is 0 Å². The van der Waals surface area contributed by atoms with Crippen molar-refractivity contribution >= 4 is 26.9 Å². The van der Waals surface area contributed by atoms with Gasteiger partial charge in [-0.2, -0.15) is 4.36 Å². The van der Waals surface area contributed by atoms with E-state index < -0.39 is 9.73 Å². The minimum Gasteiger partial charge on any atom is -0.249 e. The molecule has 1 aromatic carbocycles. The van der Waals surface area contributed by atoms with E-state index in [9.17, 15) is 4.21 Å². The normalized spacial score (nSPS) is 18.0. The first-order valence-corrected chi connectivity index (χ1v) is 15.8. The summed E-state index contributed by atoms with van der Waals surface area (Å²) in [4.78, 5) is 10.7. The summed E-state index contributed by atoms with van der Waals surface area (Å²) in [6.07, 6.45) is 14.2. The second-order valence-electron chi connectivity index (χ2n) is 10.1. The molecule has 2 heterocycles. The van der Waals surface area contributed by atoms with E-state index in [1.165, 1.54) is 44.1 Å². The standard InChI is InChI=1S/C29H37N3OS2/c1-3-27-31-28(22-12-10-11-21(2)19-22)29(34-27)23-17-18-30-26(20-23)32-35(33,24-13-6-4-7-14-24)25-15-8-5-9-16-25/h10-12,17-20,24-25H,3-9,13-16H2,1-2H3. The Kier molecular flexibility index (Phi) is 7.68. The Morgan fingerprint density at radius 2 is 1.63 bits per heavy atom. The molecule has 2 saturated carbocycles. The number of nitrogens with zero attached hydrogens (tertiary/aromatic N) is 3. The van der Waals surface area contributed by atoms with E-state index in [0.29, 0.717) is 5.82 Å². The van der Waals surface area contributed by atoms with Crippen LogP contribution < -0.4 is 0 Å². The maximum absolute atomic E-state index is 14.7. The number of hydrogen-bond donors (Lipinski definition) is 0. The fourth-order valence-electron chi connectivity index (χ4n) is 5.68. The maximum Gasteiger partial charge on any atom is 0.162 e. The average Bonchev–Trinajstić information content (AvgIpc) is 3.35. The van der Waals surface area contributed by atoms with Crippen molar-refractivity contribution in [2.45, 2.75) is 95.0 Å². The Morgan fingerprint density at radius 3 is 2.26 bits per heavy atom. The molecule has 0 unspecified atom stereocenters. The SMILES string of the molecule is CCc1nc(-c2cccc(C)c2)c(-c2ccnc(N=S(=O)(C3CCCCC3)C3CCCCC3)c2)s1. The van der Waals surface area contributed by atoms with Crippen molar-refractivity contribution in [2.24, 2.45) is 4.36 Å². The predicted molar refractivity (Wildman–Crippen MR) is 149 cm³/mol. The molecule has 0 bridgehead atoms. The first-order valence-electron chi connectivity index (χ1n) is 13.3. The number of thiazole rings is 1. The van der Waals surface area contributed by atoms with E-state index in [1.54, 1.807) is 11.3 Å². The lowest BCUT2D eigenvalue weighted by atomic mass is 10.00. The highest BCUT2D eigenvalue weighted by atomic mass is 32.2. The van der Waals surface area contributed by atoms with Crippen LogP contribution in [0.25, 0.3) is 21.7 Å². The topological polar surface area (TPSA) is 55.2 Å². The Hall–Kier alpha value is -2.05. The monoisotopic (exact) mass is 507 g/mol. The van der Waals surface area contributed by atoms with Crippen LogP contribution in [0.4, 0.5) is 5.82 Å². The third kappa shape index (κ3) is 5.39. The molecule has 186 valence electrons. The summed E-state index contributed by atoms with van der Waals surface area (Å²) in [6, 6.07) is 12.6. The predicted octanol–water partition coefficient (Wildman–Crippen LogP) is 8.51. The van der Waals surface area contributed by atoms with Crippen LogP contribution in [0.15, 0.2) is 47.0 Å². The third-order valence-electron chi connectivity index (χ3n) is 7.57. The van der Waals surface area contributed by atoms with Gasteiger partial charge in [0.2, 0.25) is 0 Å². The molecule has 0 radical (unpaired) electrons. The molecule has 2 aliphatic carbocycles. The second kappa shape index (κ2) is 10.9. The number of aromatic nitrogens is 2. The molecular weight excluding hydrogens is 470 g/mol. The van der Waals surface area contributed by atoms with Crippen molar-refractivity contribution in [3.05, 3.63) is 53.2 Å². The second-order valence-corrected chi connectivity index (χ2v) is 14.0. The summed E-state index contributed by atoms with van der Waals surface area (Å²) in [5, 5.41) is 1.55. The summed E-state index contributed by atoms with van der Waals surface area (Å²) in [6.45, 7) is 4.27. The van der Waals surface area contributed by atoms with Gasteiger partial charge in [0, 0.05) is 22.3 Å². The zero-order chi connectivity index (χ0) is 24.3. The number of pyridine rings is 1. The number of rotatable bonds is 6. The zero-order valence-electron chi connectivity index (χ0n) is 21.0. The molecule has 5 rings (SSSR count). The van der Waals surface area contributed by atoms with Crippen LogP contribution in [0.5, 0.6) is 0 Å². The molecule has 4 nitrogen and oxygen atoms in total. The van der Waals surface area contributed by atoms with Crippen molar-refractivity contribution in [1.82, 2.24) is 9.97 Å². The van der Waals surface area contributed by atoms with Crippen LogP contribution in [0.1, 0.15) is 81.7 Å². The van der Waals surface area contributed by atoms with E-state index in [4.69, 9.17) is 9.35 Å². The van der Waals surface area contributed by atoms with E-state index in [-0.39, 0.29) is 10.5 Å². The van der Waals surface area contributed by atoms with Crippen molar-refractivity contribution in [3.8, 4) is 21.7 Å². The molecule has 3 aromatic rings. The number of hydrogen-bond acceptors (Lipinski definition) is 5. The summed E-state index contributed by atoms with van der Waals surface area (Å²) in [5.41, 5.74) is 4.46. The van der Waals surface area contributed by atoms with Crippen LogP contribution in [0.3, 0.4) is 0 Å². The summed E-state index contributed by atoms with van der Waals surface area (Å²) in [7, 11) is -2.36. The van der Waals surface area contributed by atoms with Gasteiger partial charge >= 0.3 is 0 Å². The molecular formula is C29H37N3OS2. The maximum atomic E-state index is 14.7. The quantitative estimate of drug-likeness (QED) is 0.336. The van der Waals surface area contributed by atoms with Crippen molar-refractivity contribution in [2.75, 3.05) is 0 Å². The number of aryl methyl sites for hydroxylation is 2. The third-order valence-corrected chi connectivity index (χ3v) is 12.1. The van der Waals surface area contributed by atoms with Crippen molar-refractivity contribution < 1.29 is 4.21 Å². The van der Waals surface area contributed by atoms with Gasteiger partial charge in [-0.05, 0) is 62.8 Å². The van der Waals surface area contributed by atoms with Crippen LogP contribution in [-0.4, -0.2) is 24.7 Å². The Balaban J connectivity index is 1.58. The molecule has 0 aliphatic heterocycles. The summed E-state index contributed by atoms with van der Waals surface area (Å²) in [5.74, 6) is 0.630. The molecule has 0 atom stereocenters. The smallest absolute Gasteiger partial charge is 0.162 e. The largest absolute Gasteiger partial charge is 0.249 e. The van der Waals surface area contributed by atoms with E-state index in [2.05, 4.69) is 49.2 Å². The average molecular weight is 508 g/mol. The van der Waals surface area contributed by atoms with Crippen molar-refractivity contribution in [3.63, 3.8) is 0 Å². The zero-order valence-corrected chi connectivity index (χ0v) is 22.7. The molecule has 35 heavy (non-hydrogen) atoms. The van der Waals surface area contributed by atoms with Crippen LogP contribution >= 0.6 is 11.3 Å². The minimum atomic E-state index is -2.36. The molecule has 0 amide bonds. The van der Waals surface area contributed by atoms with Gasteiger partial charge in [0.15, 0.2) is 5.82 Å². The van der Waals surface area contributed by atoms with Gasteiger partial charge in [-0.15, -0.1) is 11.3 Å². The van der Waals surface area contributed by atoms with Gasteiger partial charge in [-0.25, -0.2) is 14.2 Å². The molecule has 2 aliphatic rings. The lowest BCUT2D eigenvalue weighted by Crippen LogP contribution is -2.34. The highest BCUT2D eigenvalue weighted by Gasteiger charge is 2.34. The Labute approximate surface area is 214 Å². The fraction of sp³-hybridized carbons (Fsp3) is 0.517. The van der Waals surface area contributed by atoms with Gasteiger partial charge in [-0.3, -0.25) is 0 Å².